The van der Waals surface area contributed by atoms with Crippen molar-refractivity contribution in [3.05, 3.63) is 0 Å². The molecule has 2 bridgehead atoms. The molecule has 4 rings (SSSR count). The highest BCUT2D eigenvalue weighted by Gasteiger charge is 2.60. The first kappa shape index (κ1) is 19.4. The van der Waals surface area contributed by atoms with E-state index in [1.807, 2.05) is 0 Å². The van der Waals surface area contributed by atoms with Crippen LogP contribution in [-0.2, 0) is 9.59 Å². The van der Waals surface area contributed by atoms with Crippen molar-refractivity contribution in [2.45, 2.75) is 78.2 Å². The van der Waals surface area contributed by atoms with Gasteiger partial charge in [0.2, 0.25) is 0 Å². The zero-order valence-corrected chi connectivity index (χ0v) is 17.4. The van der Waals surface area contributed by atoms with Crippen LogP contribution in [0, 0.1) is 22.7 Å². The summed E-state index contributed by atoms with van der Waals surface area (Å²) in [5.74, 6) is 0.491. The Morgan fingerprint density at radius 3 is 2.43 bits per heavy atom. The lowest BCUT2D eigenvalue weighted by Crippen LogP contribution is -2.49. The zero-order chi connectivity index (χ0) is 20.3. The van der Waals surface area contributed by atoms with Crippen LogP contribution in [0.3, 0.4) is 0 Å². The van der Waals surface area contributed by atoms with Crippen LogP contribution in [0.25, 0.3) is 0 Å². The molecular formula is C21H32N4O3. The van der Waals surface area contributed by atoms with Gasteiger partial charge in [-0.3, -0.25) is 14.5 Å². The molecule has 0 radical (unpaired) electrons. The molecule has 7 nitrogen and oxygen atoms in total. The lowest BCUT2D eigenvalue weighted by atomic mass is 9.70. The van der Waals surface area contributed by atoms with Crippen molar-refractivity contribution in [1.29, 1.82) is 0 Å². The molecule has 28 heavy (non-hydrogen) atoms. The summed E-state index contributed by atoms with van der Waals surface area (Å²) in [5, 5.41) is 7.28. The standard InChI is InChI=1S/C21H32N4O3/c1-13-5-9-21(10-6-13)17(27)25(18(28)22-21)12-16(26)24-23-15-11-14-7-8-20(15,4)19(14,2)3/h13-14H,5-12H2,1-4H3,(H,22,28)(H,24,26)/b23-15+. The van der Waals surface area contributed by atoms with Crippen LogP contribution >= 0.6 is 0 Å². The Kier molecular flexibility index (Phi) is 4.36. The van der Waals surface area contributed by atoms with Gasteiger partial charge in [0.15, 0.2) is 0 Å². The van der Waals surface area contributed by atoms with Gasteiger partial charge in [0.05, 0.1) is 0 Å². The highest BCUT2D eigenvalue weighted by Crippen LogP contribution is 2.63. The summed E-state index contributed by atoms with van der Waals surface area (Å²) in [7, 11) is 0. The third kappa shape index (κ3) is 2.69. The maximum absolute atomic E-state index is 12.9. The minimum absolute atomic E-state index is 0.00857. The van der Waals surface area contributed by atoms with Crippen LogP contribution in [0.1, 0.15) is 72.6 Å². The van der Waals surface area contributed by atoms with Gasteiger partial charge in [0, 0.05) is 11.1 Å². The van der Waals surface area contributed by atoms with Crippen LogP contribution in [-0.4, -0.2) is 40.5 Å². The molecule has 3 aliphatic carbocycles. The van der Waals surface area contributed by atoms with Crippen LogP contribution in [0.4, 0.5) is 4.79 Å². The van der Waals surface area contributed by atoms with Crippen LogP contribution in [0.2, 0.25) is 0 Å². The highest BCUT2D eigenvalue weighted by atomic mass is 16.2. The Morgan fingerprint density at radius 2 is 1.86 bits per heavy atom. The number of carbonyl (C=O) groups is 3. The highest BCUT2D eigenvalue weighted by molar-refractivity contribution is 6.09. The molecule has 154 valence electrons. The topological polar surface area (TPSA) is 90.9 Å². The molecule has 0 aromatic rings. The van der Waals surface area contributed by atoms with Gasteiger partial charge >= 0.3 is 6.03 Å². The van der Waals surface area contributed by atoms with Gasteiger partial charge < -0.3 is 5.32 Å². The Labute approximate surface area is 166 Å². The predicted molar refractivity (Wildman–Crippen MR) is 105 cm³/mol. The number of nitrogens with zero attached hydrogens (tertiary/aromatic N) is 2. The Balaban J connectivity index is 1.40. The van der Waals surface area contributed by atoms with Crippen LogP contribution in [0.5, 0.6) is 0 Å². The molecule has 4 fully saturated rings. The lowest BCUT2D eigenvalue weighted by molar-refractivity contribution is -0.136. The number of carbonyl (C=O) groups excluding carboxylic acids is 3. The second kappa shape index (κ2) is 6.29. The van der Waals surface area contributed by atoms with Crippen molar-refractivity contribution in [2.75, 3.05) is 6.54 Å². The van der Waals surface area contributed by atoms with Gasteiger partial charge in [0.25, 0.3) is 11.8 Å². The second-order valence-electron chi connectivity index (χ2n) is 10.2. The first-order chi connectivity index (χ1) is 13.1. The number of rotatable bonds is 3. The second-order valence-corrected chi connectivity index (χ2v) is 10.2. The Morgan fingerprint density at radius 1 is 1.18 bits per heavy atom. The van der Waals surface area contributed by atoms with E-state index in [4.69, 9.17) is 0 Å². The number of fused-ring (bicyclic) bond motifs is 2. The van der Waals surface area contributed by atoms with Crippen molar-refractivity contribution in [3.8, 4) is 0 Å². The smallest absolute Gasteiger partial charge is 0.323 e. The van der Waals surface area contributed by atoms with Crippen LogP contribution in [0.15, 0.2) is 5.10 Å². The van der Waals surface area contributed by atoms with E-state index in [0.29, 0.717) is 24.7 Å². The molecule has 1 aliphatic heterocycles. The summed E-state index contributed by atoms with van der Waals surface area (Å²) in [6, 6.07) is -0.463. The van der Waals surface area contributed by atoms with Crippen molar-refractivity contribution < 1.29 is 14.4 Å². The summed E-state index contributed by atoms with van der Waals surface area (Å²) in [5.41, 5.74) is 3.04. The van der Waals surface area contributed by atoms with E-state index in [0.717, 1.165) is 36.3 Å². The normalized spacial score (nSPS) is 35.1. The van der Waals surface area contributed by atoms with E-state index >= 15 is 0 Å². The largest absolute Gasteiger partial charge is 0.325 e. The molecule has 2 atom stereocenters. The van der Waals surface area contributed by atoms with E-state index in [-0.39, 0.29) is 23.3 Å². The monoisotopic (exact) mass is 388 g/mol. The van der Waals surface area contributed by atoms with Gasteiger partial charge in [0.1, 0.15) is 12.1 Å². The average Bonchev–Trinajstić information content (AvgIpc) is 3.09. The van der Waals surface area contributed by atoms with E-state index in [1.165, 1.54) is 6.42 Å². The van der Waals surface area contributed by atoms with E-state index < -0.39 is 17.5 Å². The van der Waals surface area contributed by atoms with Gasteiger partial charge in [-0.2, -0.15) is 5.10 Å². The molecular weight excluding hydrogens is 356 g/mol. The van der Waals surface area contributed by atoms with Crippen molar-refractivity contribution in [2.24, 2.45) is 27.8 Å². The molecule has 4 amide bonds. The lowest BCUT2D eigenvalue weighted by Gasteiger charge is -2.34. The number of imide groups is 1. The number of nitrogens with one attached hydrogen (secondary N) is 2. The predicted octanol–water partition coefficient (Wildman–Crippen LogP) is 2.81. The third-order valence-corrected chi connectivity index (χ3v) is 8.50. The SMILES string of the molecule is CC1CCC2(CC1)NC(=O)N(CC(=O)N/N=C1\CC3CCC1(C)C3(C)C)C2=O. The molecule has 1 spiro atoms. The zero-order valence-electron chi connectivity index (χ0n) is 17.4. The quantitative estimate of drug-likeness (QED) is 0.575. The maximum Gasteiger partial charge on any atom is 0.325 e. The molecule has 7 heteroatoms. The van der Waals surface area contributed by atoms with Gasteiger partial charge in [-0.1, -0.05) is 27.7 Å². The Hall–Kier alpha value is -1.92. The fourth-order valence-electron chi connectivity index (χ4n) is 5.82. The molecule has 1 saturated heterocycles. The van der Waals surface area contributed by atoms with Gasteiger partial charge in [-0.15, -0.1) is 0 Å². The van der Waals surface area contributed by atoms with E-state index in [9.17, 15) is 14.4 Å². The van der Waals surface area contributed by atoms with Crippen LogP contribution < -0.4 is 10.7 Å². The maximum atomic E-state index is 12.9. The van der Waals surface area contributed by atoms with E-state index in [2.05, 4.69) is 43.5 Å². The summed E-state index contributed by atoms with van der Waals surface area (Å²) >= 11 is 0. The first-order valence-electron chi connectivity index (χ1n) is 10.6. The van der Waals surface area contributed by atoms with Gasteiger partial charge in [-0.25, -0.2) is 10.2 Å². The number of urea groups is 1. The number of hydrazone groups is 1. The molecule has 4 aliphatic rings. The summed E-state index contributed by atoms with van der Waals surface area (Å²) < 4.78 is 0. The van der Waals surface area contributed by atoms with E-state index in [1.54, 1.807) is 0 Å². The molecule has 2 unspecified atom stereocenters. The third-order valence-electron chi connectivity index (χ3n) is 8.50. The summed E-state index contributed by atoms with van der Waals surface area (Å²) in [6.07, 6.45) is 6.33. The minimum Gasteiger partial charge on any atom is -0.323 e. The summed E-state index contributed by atoms with van der Waals surface area (Å²) in [6.45, 7) is 8.69. The summed E-state index contributed by atoms with van der Waals surface area (Å²) in [4.78, 5) is 38.7. The fourth-order valence-corrected chi connectivity index (χ4v) is 5.82. The molecule has 1 heterocycles. The van der Waals surface area contributed by atoms with Crippen molar-refractivity contribution in [1.82, 2.24) is 15.6 Å². The molecule has 3 saturated carbocycles. The van der Waals surface area contributed by atoms with Gasteiger partial charge in [-0.05, 0) is 62.2 Å². The molecule has 2 N–H and O–H groups in total. The van der Waals surface area contributed by atoms with Crippen molar-refractivity contribution in [3.63, 3.8) is 0 Å². The average molecular weight is 389 g/mol. The molecule has 0 aromatic carbocycles. The van der Waals surface area contributed by atoms with Crippen molar-refractivity contribution >= 4 is 23.6 Å². The first-order valence-corrected chi connectivity index (χ1v) is 10.6. The number of hydrogen-bond acceptors (Lipinski definition) is 4. The fraction of sp³-hybridized carbons (Fsp3) is 0.810. The minimum atomic E-state index is -0.808. The number of hydrogen-bond donors (Lipinski definition) is 2. The number of amides is 4. The Bertz CT molecular complexity index is 751. The molecule has 0 aromatic heterocycles.